The Morgan fingerprint density at radius 3 is 2.61 bits per heavy atom. The predicted octanol–water partition coefficient (Wildman–Crippen LogP) is 1.48. The molecular weight excluding hydrogens is 292 g/mol. The molecule has 1 aromatic rings. The average molecular weight is 313 g/mol. The monoisotopic (exact) mass is 312 g/mol. The van der Waals surface area contributed by atoms with Crippen molar-refractivity contribution in [2.45, 2.75) is 13.0 Å². The second-order valence-electron chi connectivity index (χ2n) is 4.66. The van der Waals surface area contributed by atoms with Crippen LogP contribution < -0.4 is 5.73 Å². The van der Waals surface area contributed by atoms with Gasteiger partial charge in [-0.1, -0.05) is 6.92 Å². The third-order valence-corrected chi connectivity index (χ3v) is 4.06. The summed E-state index contributed by atoms with van der Waals surface area (Å²) < 4.78 is 1.02. The standard InChI is InChI=1S/C13H21BrN4/c1-2-17-3-5-18(6-4-17)13(8-15)11-7-12(14)10-16-9-11/h7,9-10,13H,2-6,8,15H2,1H3. The summed E-state index contributed by atoms with van der Waals surface area (Å²) >= 11 is 3.47. The molecule has 2 N–H and O–H groups in total. The quantitative estimate of drug-likeness (QED) is 0.915. The first kappa shape index (κ1) is 13.9. The lowest BCUT2D eigenvalue weighted by Gasteiger charge is -2.38. The summed E-state index contributed by atoms with van der Waals surface area (Å²) in [5.74, 6) is 0. The van der Waals surface area contributed by atoms with Crippen LogP contribution in [0, 0.1) is 0 Å². The Morgan fingerprint density at radius 1 is 1.33 bits per heavy atom. The number of likely N-dealkylation sites (N-methyl/N-ethyl adjacent to an activating group) is 1. The molecule has 0 aromatic carbocycles. The average Bonchev–Trinajstić information content (AvgIpc) is 2.40. The van der Waals surface area contributed by atoms with Gasteiger partial charge in [0.15, 0.2) is 0 Å². The molecule has 0 saturated carbocycles. The van der Waals surface area contributed by atoms with Crippen LogP contribution in [0.4, 0.5) is 0 Å². The molecule has 18 heavy (non-hydrogen) atoms. The molecule has 1 atom stereocenters. The molecule has 1 aliphatic heterocycles. The highest BCUT2D eigenvalue weighted by Gasteiger charge is 2.23. The van der Waals surface area contributed by atoms with E-state index in [0.29, 0.717) is 6.54 Å². The fourth-order valence-corrected chi connectivity index (χ4v) is 2.88. The molecule has 1 fully saturated rings. The molecule has 0 radical (unpaired) electrons. The maximum absolute atomic E-state index is 5.95. The minimum atomic E-state index is 0.286. The SMILES string of the molecule is CCN1CCN(C(CN)c2cncc(Br)c2)CC1. The van der Waals surface area contributed by atoms with Crippen molar-refractivity contribution in [1.82, 2.24) is 14.8 Å². The third-order valence-electron chi connectivity index (χ3n) is 3.63. The second kappa shape index (κ2) is 6.61. The van der Waals surface area contributed by atoms with E-state index < -0.39 is 0 Å². The van der Waals surface area contributed by atoms with Gasteiger partial charge in [-0.05, 0) is 34.1 Å². The Hall–Kier alpha value is -0.490. The van der Waals surface area contributed by atoms with Gasteiger partial charge in [0.25, 0.3) is 0 Å². The summed E-state index contributed by atoms with van der Waals surface area (Å²) in [7, 11) is 0. The summed E-state index contributed by atoms with van der Waals surface area (Å²) in [5.41, 5.74) is 7.16. The van der Waals surface area contributed by atoms with E-state index in [2.05, 4.69) is 43.7 Å². The minimum Gasteiger partial charge on any atom is -0.329 e. The van der Waals surface area contributed by atoms with Crippen molar-refractivity contribution in [3.05, 3.63) is 28.5 Å². The Labute approximate surface area is 117 Å². The van der Waals surface area contributed by atoms with Crippen molar-refractivity contribution in [3.8, 4) is 0 Å². The van der Waals surface area contributed by atoms with Crippen molar-refractivity contribution in [3.63, 3.8) is 0 Å². The summed E-state index contributed by atoms with van der Waals surface area (Å²) in [5, 5.41) is 0. The molecular formula is C13H21BrN4. The molecule has 5 heteroatoms. The molecule has 1 unspecified atom stereocenters. The number of rotatable bonds is 4. The van der Waals surface area contributed by atoms with Crippen LogP contribution in [0.2, 0.25) is 0 Å². The normalized spacial score (nSPS) is 19.9. The molecule has 1 aliphatic rings. The number of halogens is 1. The van der Waals surface area contributed by atoms with Crippen LogP contribution >= 0.6 is 15.9 Å². The minimum absolute atomic E-state index is 0.286. The van der Waals surface area contributed by atoms with Crippen molar-refractivity contribution in [1.29, 1.82) is 0 Å². The Kier molecular flexibility index (Phi) is 5.12. The molecule has 2 heterocycles. The molecule has 0 bridgehead atoms. The zero-order chi connectivity index (χ0) is 13.0. The first-order chi connectivity index (χ1) is 8.74. The maximum atomic E-state index is 5.95. The van der Waals surface area contributed by atoms with Crippen LogP contribution in [0.5, 0.6) is 0 Å². The van der Waals surface area contributed by atoms with E-state index in [1.807, 2.05) is 12.4 Å². The van der Waals surface area contributed by atoms with E-state index in [9.17, 15) is 0 Å². The lowest BCUT2D eigenvalue weighted by molar-refractivity contribution is 0.102. The zero-order valence-corrected chi connectivity index (χ0v) is 12.4. The molecule has 100 valence electrons. The van der Waals surface area contributed by atoms with Crippen LogP contribution in [0.3, 0.4) is 0 Å². The van der Waals surface area contributed by atoms with Crippen molar-refractivity contribution in [2.24, 2.45) is 5.73 Å². The summed E-state index contributed by atoms with van der Waals surface area (Å²) in [6.45, 7) is 8.44. The number of nitrogens with two attached hydrogens (primary N) is 1. The van der Waals surface area contributed by atoms with Gasteiger partial charge >= 0.3 is 0 Å². The molecule has 4 nitrogen and oxygen atoms in total. The number of piperazine rings is 1. The van der Waals surface area contributed by atoms with Gasteiger partial charge in [-0.25, -0.2) is 0 Å². The highest BCUT2D eigenvalue weighted by atomic mass is 79.9. The largest absolute Gasteiger partial charge is 0.329 e. The van der Waals surface area contributed by atoms with Crippen LogP contribution in [-0.4, -0.2) is 54.1 Å². The molecule has 0 aliphatic carbocycles. The Bertz CT molecular complexity index is 377. The van der Waals surface area contributed by atoms with Crippen LogP contribution in [0.25, 0.3) is 0 Å². The zero-order valence-electron chi connectivity index (χ0n) is 10.8. The van der Waals surface area contributed by atoms with E-state index >= 15 is 0 Å². The molecule has 2 rings (SSSR count). The van der Waals surface area contributed by atoms with E-state index in [1.54, 1.807) is 0 Å². The highest BCUT2D eigenvalue weighted by molar-refractivity contribution is 9.10. The van der Waals surface area contributed by atoms with Gasteiger partial charge in [-0.3, -0.25) is 9.88 Å². The van der Waals surface area contributed by atoms with Crippen molar-refractivity contribution < 1.29 is 0 Å². The van der Waals surface area contributed by atoms with Gasteiger partial charge in [0.1, 0.15) is 0 Å². The Morgan fingerprint density at radius 2 is 2.06 bits per heavy atom. The van der Waals surface area contributed by atoms with Crippen molar-refractivity contribution >= 4 is 15.9 Å². The van der Waals surface area contributed by atoms with Gasteiger partial charge in [0, 0.05) is 55.6 Å². The van der Waals surface area contributed by atoms with Gasteiger partial charge in [-0.2, -0.15) is 0 Å². The second-order valence-corrected chi connectivity index (χ2v) is 5.57. The predicted molar refractivity (Wildman–Crippen MR) is 77.4 cm³/mol. The van der Waals surface area contributed by atoms with Crippen LogP contribution in [0.1, 0.15) is 18.5 Å². The number of nitrogens with zero attached hydrogens (tertiary/aromatic N) is 3. The van der Waals surface area contributed by atoms with Crippen LogP contribution in [0.15, 0.2) is 22.9 Å². The summed E-state index contributed by atoms with van der Waals surface area (Å²) in [4.78, 5) is 9.18. The Balaban J connectivity index is 2.05. The molecule has 1 aromatic heterocycles. The summed E-state index contributed by atoms with van der Waals surface area (Å²) in [6.07, 6.45) is 3.74. The van der Waals surface area contributed by atoms with Gasteiger partial charge in [0.05, 0.1) is 0 Å². The van der Waals surface area contributed by atoms with Crippen molar-refractivity contribution in [2.75, 3.05) is 39.3 Å². The first-order valence-electron chi connectivity index (χ1n) is 6.51. The molecule has 1 saturated heterocycles. The lowest BCUT2D eigenvalue weighted by Crippen LogP contribution is -2.48. The number of pyridine rings is 1. The van der Waals surface area contributed by atoms with Gasteiger partial charge < -0.3 is 10.6 Å². The highest BCUT2D eigenvalue weighted by Crippen LogP contribution is 2.22. The fraction of sp³-hybridized carbons (Fsp3) is 0.615. The summed E-state index contributed by atoms with van der Waals surface area (Å²) in [6, 6.07) is 2.41. The van der Waals surface area contributed by atoms with E-state index in [0.717, 1.165) is 37.2 Å². The third kappa shape index (κ3) is 3.29. The topological polar surface area (TPSA) is 45.4 Å². The van der Waals surface area contributed by atoms with Gasteiger partial charge in [-0.15, -0.1) is 0 Å². The number of hydrogen-bond acceptors (Lipinski definition) is 4. The lowest BCUT2D eigenvalue weighted by atomic mass is 10.1. The smallest absolute Gasteiger partial charge is 0.0487 e. The number of hydrogen-bond donors (Lipinski definition) is 1. The fourth-order valence-electron chi connectivity index (χ4n) is 2.50. The molecule has 0 amide bonds. The number of aromatic nitrogens is 1. The first-order valence-corrected chi connectivity index (χ1v) is 7.30. The maximum Gasteiger partial charge on any atom is 0.0487 e. The molecule has 0 spiro atoms. The van der Waals surface area contributed by atoms with E-state index in [1.165, 1.54) is 5.56 Å². The van der Waals surface area contributed by atoms with E-state index in [-0.39, 0.29) is 6.04 Å². The van der Waals surface area contributed by atoms with E-state index in [4.69, 9.17) is 5.73 Å². The van der Waals surface area contributed by atoms with Gasteiger partial charge in [0.2, 0.25) is 0 Å². The van der Waals surface area contributed by atoms with Crippen LogP contribution in [-0.2, 0) is 0 Å².